The molecule has 0 fully saturated rings. The molecule has 1 heterocycles. The first-order valence-corrected chi connectivity index (χ1v) is 9.45. The Balaban J connectivity index is 1.82. The highest BCUT2D eigenvalue weighted by Gasteiger charge is 2.07. The van der Waals surface area contributed by atoms with E-state index < -0.39 is 0 Å². The number of aliphatic imine (C=N–C) groups is 1. The van der Waals surface area contributed by atoms with Crippen LogP contribution in [0.1, 0.15) is 24.6 Å². The first-order chi connectivity index (χ1) is 13.0. The molecule has 0 amide bonds. The molecule has 0 aliphatic heterocycles. The Morgan fingerprint density at radius 3 is 2.78 bits per heavy atom. The summed E-state index contributed by atoms with van der Waals surface area (Å²) in [7, 11) is 0. The largest absolute Gasteiger partial charge is 0.376 e. The van der Waals surface area contributed by atoms with Crippen LogP contribution < -0.4 is 16.4 Å². The van der Waals surface area contributed by atoms with Gasteiger partial charge in [-0.3, -0.25) is 9.98 Å². The van der Waals surface area contributed by atoms with Crippen molar-refractivity contribution in [1.82, 2.24) is 15.6 Å². The van der Waals surface area contributed by atoms with Gasteiger partial charge in [-0.15, -0.1) is 0 Å². The fourth-order valence-corrected chi connectivity index (χ4v) is 2.62. The Morgan fingerprint density at radius 2 is 2.07 bits per heavy atom. The number of benzene rings is 1. The van der Waals surface area contributed by atoms with Gasteiger partial charge in [-0.25, -0.2) is 0 Å². The van der Waals surface area contributed by atoms with Crippen molar-refractivity contribution in [3.63, 3.8) is 0 Å². The lowest BCUT2D eigenvalue weighted by Gasteiger charge is -2.18. The maximum Gasteiger partial charge on any atom is 0.199 e. The maximum atomic E-state index is 6.12. The predicted octanol–water partition coefficient (Wildman–Crippen LogP) is 3.01. The molecule has 0 radical (unpaired) electrons. The summed E-state index contributed by atoms with van der Waals surface area (Å²) in [5.41, 5.74) is 7.54. The molecule has 0 saturated heterocycles. The number of guanidine groups is 1. The molecule has 8 heteroatoms. The average Bonchev–Trinajstić information content (AvgIpc) is 2.65. The van der Waals surface area contributed by atoms with Gasteiger partial charge in [0.25, 0.3) is 0 Å². The molecule has 4 N–H and O–H groups in total. The zero-order valence-electron chi connectivity index (χ0n) is 15.2. The number of pyridine rings is 1. The number of hydrogen-bond donors (Lipinski definition) is 3. The first-order valence-electron chi connectivity index (χ1n) is 8.67. The fraction of sp³-hybridized carbons (Fsp3) is 0.316. The molecule has 1 atom stereocenters. The Bertz CT molecular complexity index is 757. The van der Waals surface area contributed by atoms with Crippen LogP contribution in [0.2, 0.25) is 5.02 Å². The molecule has 0 aliphatic carbocycles. The molecule has 0 saturated carbocycles. The van der Waals surface area contributed by atoms with Crippen molar-refractivity contribution in [2.45, 2.75) is 32.6 Å². The number of halogens is 1. The van der Waals surface area contributed by atoms with Crippen LogP contribution >= 0.6 is 23.8 Å². The average molecular weight is 406 g/mol. The number of nitrogens with one attached hydrogen (secondary N) is 2. The van der Waals surface area contributed by atoms with Crippen LogP contribution in [0.5, 0.6) is 0 Å². The molecule has 1 aromatic heterocycles. The number of ether oxygens (including phenoxy) is 1. The molecule has 27 heavy (non-hydrogen) atoms. The molecular weight excluding hydrogens is 382 g/mol. The van der Waals surface area contributed by atoms with E-state index in [4.69, 9.17) is 34.3 Å². The van der Waals surface area contributed by atoms with E-state index in [1.807, 2.05) is 49.4 Å². The molecule has 1 unspecified atom stereocenters. The summed E-state index contributed by atoms with van der Waals surface area (Å²) in [5.74, 6) is 0.482. The van der Waals surface area contributed by atoms with Gasteiger partial charge >= 0.3 is 0 Å². The van der Waals surface area contributed by atoms with Gasteiger partial charge in [-0.1, -0.05) is 41.9 Å². The third-order valence-electron chi connectivity index (χ3n) is 3.60. The van der Waals surface area contributed by atoms with Crippen LogP contribution in [0.3, 0.4) is 0 Å². The summed E-state index contributed by atoms with van der Waals surface area (Å²) >= 11 is 11.0. The molecule has 0 spiro atoms. The van der Waals surface area contributed by atoms with Gasteiger partial charge in [0.1, 0.15) is 6.23 Å². The van der Waals surface area contributed by atoms with Gasteiger partial charge in [0.15, 0.2) is 11.1 Å². The van der Waals surface area contributed by atoms with Crippen molar-refractivity contribution < 1.29 is 4.74 Å². The molecule has 2 rings (SSSR count). The standard InChI is InChI=1S/C19H24ClN5OS/c1-14(26-13-15-7-3-2-4-8-15)24-19(25-18(21)27)23-12-6-10-17-16(20)9-5-11-22-17/h2-5,7-9,11,14H,6,10,12-13H2,1H3,(H4,21,23,24,25,27). The minimum Gasteiger partial charge on any atom is -0.376 e. The highest BCUT2D eigenvalue weighted by Crippen LogP contribution is 2.13. The van der Waals surface area contributed by atoms with Gasteiger partial charge in [0.2, 0.25) is 0 Å². The van der Waals surface area contributed by atoms with Crippen molar-refractivity contribution in [3.8, 4) is 0 Å². The fourth-order valence-electron chi connectivity index (χ4n) is 2.31. The SMILES string of the molecule is CC(NC(=NCCCc1ncccc1Cl)NC(N)=S)OCc1ccccc1. The topological polar surface area (TPSA) is 84.6 Å². The van der Waals surface area contributed by atoms with Crippen LogP contribution in [0.4, 0.5) is 0 Å². The molecular formula is C19H24ClN5OS. The van der Waals surface area contributed by atoms with Gasteiger partial charge in [-0.2, -0.15) is 0 Å². The van der Waals surface area contributed by atoms with E-state index in [0.717, 1.165) is 24.1 Å². The third-order valence-corrected chi connectivity index (χ3v) is 4.05. The zero-order chi connectivity index (χ0) is 19.5. The van der Waals surface area contributed by atoms with Crippen molar-refractivity contribution in [2.24, 2.45) is 10.7 Å². The molecule has 0 bridgehead atoms. The van der Waals surface area contributed by atoms with Gasteiger partial charge < -0.3 is 21.1 Å². The Hall–Kier alpha value is -2.22. The highest BCUT2D eigenvalue weighted by atomic mass is 35.5. The summed E-state index contributed by atoms with van der Waals surface area (Å²) in [6, 6.07) is 13.6. The Kier molecular flexibility index (Phi) is 8.97. The molecule has 144 valence electrons. The van der Waals surface area contributed by atoms with E-state index in [-0.39, 0.29) is 11.3 Å². The van der Waals surface area contributed by atoms with Crippen LogP contribution in [-0.2, 0) is 17.8 Å². The molecule has 0 aliphatic rings. The number of rotatable bonds is 8. The second-order valence-corrected chi connectivity index (χ2v) is 6.69. The van der Waals surface area contributed by atoms with Crippen molar-refractivity contribution >= 4 is 34.9 Å². The quantitative estimate of drug-likeness (QED) is 0.206. The van der Waals surface area contributed by atoms with E-state index in [1.54, 1.807) is 6.20 Å². The summed E-state index contributed by atoms with van der Waals surface area (Å²) in [6.07, 6.45) is 3.00. The lowest BCUT2D eigenvalue weighted by molar-refractivity contribution is 0.0431. The summed E-state index contributed by atoms with van der Waals surface area (Å²) in [6.45, 7) is 2.96. The van der Waals surface area contributed by atoms with E-state index in [0.29, 0.717) is 24.1 Å². The maximum absolute atomic E-state index is 6.12. The normalized spacial score (nSPS) is 12.4. The van der Waals surface area contributed by atoms with E-state index >= 15 is 0 Å². The Labute approximate surface area is 170 Å². The van der Waals surface area contributed by atoms with Crippen molar-refractivity contribution in [3.05, 3.63) is 64.9 Å². The second kappa shape index (κ2) is 11.5. The summed E-state index contributed by atoms with van der Waals surface area (Å²) in [4.78, 5) is 8.75. The van der Waals surface area contributed by atoms with Gasteiger partial charge in [0, 0.05) is 12.7 Å². The smallest absolute Gasteiger partial charge is 0.199 e. The predicted molar refractivity (Wildman–Crippen MR) is 114 cm³/mol. The number of aryl methyl sites for hydroxylation is 1. The minimum absolute atomic E-state index is 0.143. The monoisotopic (exact) mass is 405 g/mol. The first kappa shape index (κ1) is 21.1. The number of nitrogens with two attached hydrogens (primary N) is 1. The summed E-state index contributed by atoms with van der Waals surface area (Å²) in [5, 5.41) is 6.79. The van der Waals surface area contributed by atoms with Crippen molar-refractivity contribution in [2.75, 3.05) is 6.54 Å². The lowest BCUT2D eigenvalue weighted by atomic mass is 10.2. The Morgan fingerprint density at radius 1 is 1.30 bits per heavy atom. The molecule has 1 aromatic carbocycles. The van der Waals surface area contributed by atoms with Crippen LogP contribution in [0, 0.1) is 0 Å². The van der Waals surface area contributed by atoms with E-state index in [9.17, 15) is 0 Å². The van der Waals surface area contributed by atoms with Gasteiger partial charge in [-0.05, 0) is 49.7 Å². The summed E-state index contributed by atoms with van der Waals surface area (Å²) < 4.78 is 5.79. The molecule has 2 aromatic rings. The number of nitrogens with zero attached hydrogens (tertiary/aromatic N) is 2. The highest BCUT2D eigenvalue weighted by molar-refractivity contribution is 7.80. The van der Waals surface area contributed by atoms with Gasteiger partial charge in [0.05, 0.1) is 17.3 Å². The number of hydrogen-bond acceptors (Lipinski definition) is 4. The minimum atomic E-state index is -0.268. The second-order valence-electron chi connectivity index (χ2n) is 5.84. The van der Waals surface area contributed by atoms with E-state index in [1.165, 1.54) is 0 Å². The third kappa shape index (κ3) is 8.34. The number of aromatic nitrogens is 1. The van der Waals surface area contributed by atoms with Crippen molar-refractivity contribution in [1.29, 1.82) is 0 Å². The zero-order valence-corrected chi connectivity index (χ0v) is 16.8. The van der Waals surface area contributed by atoms with E-state index in [2.05, 4.69) is 20.6 Å². The molecule has 6 nitrogen and oxygen atoms in total. The lowest BCUT2D eigenvalue weighted by Crippen LogP contribution is -2.47. The van der Waals surface area contributed by atoms with Crippen LogP contribution in [0.15, 0.2) is 53.7 Å². The number of thiocarbonyl (C=S) groups is 1. The van der Waals surface area contributed by atoms with Crippen LogP contribution in [-0.4, -0.2) is 28.8 Å². The van der Waals surface area contributed by atoms with Crippen LogP contribution in [0.25, 0.3) is 0 Å².